The molecule has 6 heteroatoms. The van der Waals surface area contributed by atoms with Crippen molar-refractivity contribution in [3.8, 4) is 17.0 Å². The monoisotopic (exact) mass is 293 g/mol. The van der Waals surface area contributed by atoms with Gasteiger partial charge in [-0.25, -0.2) is 4.98 Å². The molecule has 3 N–H and O–H groups in total. The summed E-state index contributed by atoms with van der Waals surface area (Å²) in [5, 5.41) is 15.6. The number of phenols is 1. The van der Waals surface area contributed by atoms with Crippen molar-refractivity contribution in [3.63, 3.8) is 0 Å². The van der Waals surface area contributed by atoms with Crippen LogP contribution < -0.4 is 10.6 Å². The van der Waals surface area contributed by atoms with Crippen molar-refractivity contribution < 1.29 is 5.11 Å². The first-order chi connectivity index (χ1) is 10.7. The van der Waals surface area contributed by atoms with E-state index in [2.05, 4.69) is 25.6 Å². The maximum absolute atomic E-state index is 9.53. The molecule has 6 nitrogen and oxygen atoms in total. The average Bonchev–Trinajstić information content (AvgIpc) is 2.55. The molecule has 3 aromatic rings. The molecule has 3 rings (SSSR count). The standard InChI is InChI=1S/C16H15N5O/c1-17-16-20-14(11-5-7-18-8-6-11)10-15(21-16)19-12-3-2-4-13(22)9-12/h2-10,22H,1H3,(H2,17,19,20,21). The van der Waals surface area contributed by atoms with Crippen LogP contribution in [-0.4, -0.2) is 27.1 Å². The highest BCUT2D eigenvalue weighted by atomic mass is 16.3. The third-order valence-electron chi connectivity index (χ3n) is 3.04. The number of anilines is 3. The molecule has 0 saturated heterocycles. The minimum atomic E-state index is 0.197. The van der Waals surface area contributed by atoms with E-state index in [-0.39, 0.29) is 5.75 Å². The van der Waals surface area contributed by atoms with Gasteiger partial charge in [0.25, 0.3) is 0 Å². The van der Waals surface area contributed by atoms with Crippen LogP contribution in [0.15, 0.2) is 54.9 Å². The van der Waals surface area contributed by atoms with Crippen LogP contribution >= 0.6 is 0 Å². The molecule has 0 fully saturated rings. The Morgan fingerprint density at radius 2 is 1.82 bits per heavy atom. The van der Waals surface area contributed by atoms with Gasteiger partial charge in [-0.15, -0.1) is 0 Å². The summed E-state index contributed by atoms with van der Waals surface area (Å²) in [5.74, 6) is 1.34. The maximum Gasteiger partial charge on any atom is 0.224 e. The van der Waals surface area contributed by atoms with Gasteiger partial charge in [-0.1, -0.05) is 6.07 Å². The molecule has 0 saturated carbocycles. The molecule has 0 radical (unpaired) electrons. The number of aromatic nitrogens is 3. The third kappa shape index (κ3) is 3.12. The summed E-state index contributed by atoms with van der Waals surface area (Å²) in [6, 6.07) is 12.5. The first kappa shape index (κ1) is 13.8. The lowest BCUT2D eigenvalue weighted by molar-refractivity contribution is 0.475. The number of aromatic hydroxyl groups is 1. The van der Waals surface area contributed by atoms with Gasteiger partial charge in [-0.05, 0) is 24.3 Å². The van der Waals surface area contributed by atoms with E-state index in [1.165, 1.54) is 0 Å². The van der Waals surface area contributed by atoms with Gasteiger partial charge in [0, 0.05) is 42.8 Å². The first-order valence-corrected chi connectivity index (χ1v) is 6.78. The first-order valence-electron chi connectivity index (χ1n) is 6.78. The molecule has 1 aromatic carbocycles. The summed E-state index contributed by atoms with van der Waals surface area (Å²) in [4.78, 5) is 12.8. The normalized spacial score (nSPS) is 10.2. The van der Waals surface area contributed by atoms with Crippen LogP contribution in [0.1, 0.15) is 0 Å². The predicted molar refractivity (Wildman–Crippen MR) is 86.2 cm³/mol. The van der Waals surface area contributed by atoms with E-state index in [0.29, 0.717) is 11.8 Å². The maximum atomic E-state index is 9.53. The van der Waals surface area contributed by atoms with E-state index in [1.807, 2.05) is 24.3 Å². The van der Waals surface area contributed by atoms with E-state index in [1.54, 1.807) is 37.6 Å². The minimum absolute atomic E-state index is 0.197. The molecule has 2 heterocycles. The van der Waals surface area contributed by atoms with Crippen molar-refractivity contribution in [1.82, 2.24) is 15.0 Å². The molecular formula is C16H15N5O. The van der Waals surface area contributed by atoms with E-state index in [4.69, 9.17) is 0 Å². The van der Waals surface area contributed by atoms with Crippen LogP contribution in [0.2, 0.25) is 0 Å². The van der Waals surface area contributed by atoms with Gasteiger partial charge >= 0.3 is 0 Å². The zero-order valence-corrected chi connectivity index (χ0v) is 12.0. The number of nitrogens with one attached hydrogen (secondary N) is 2. The topological polar surface area (TPSA) is 83.0 Å². The van der Waals surface area contributed by atoms with Crippen LogP contribution in [0.25, 0.3) is 11.3 Å². The van der Waals surface area contributed by atoms with Crippen LogP contribution in [0.5, 0.6) is 5.75 Å². The van der Waals surface area contributed by atoms with Gasteiger partial charge in [0.1, 0.15) is 11.6 Å². The van der Waals surface area contributed by atoms with Gasteiger partial charge in [0.05, 0.1) is 5.69 Å². The average molecular weight is 293 g/mol. The molecule has 22 heavy (non-hydrogen) atoms. The molecule has 0 aliphatic carbocycles. The van der Waals surface area contributed by atoms with Gasteiger partial charge in [-0.3, -0.25) is 4.98 Å². The summed E-state index contributed by atoms with van der Waals surface area (Å²) in [6.07, 6.45) is 3.44. The fourth-order valence-corrected chi connectivity index (χ4v) is 2.03. The van der Waals surface area contributed by atoms with Crippen LogP contribution in [0.4, 0.5) is 17.5 Å². The van der Waals surface area contributed by atoms with Crippen molar-refractivity contribution in [2.24, 2.45) is 0 Å². The Hall–Kier alpha value is -3.15. The van der Waals surface area contributed by atoms with Crippen molar-refractivity contribution in [2.75, 3.05) is 17.7 Å². The van der Waals surface area contributed by atoms with Gasteiger partial charge < -0.3 is 15.7 Å². The number of phenolic OH excluding ortho intramolecular Hbond substituents is 1. The van der Waals surface area contributed by atoms with E-state index >= 15 is 0 Å². The Labute approximate surface area is 127 Å². The number of nitrogens with zero attached hydrogens (tertiary/aromatic N) is 3. The van der Waals surface area contributed by atoms with Crippen molar-refractivity contribution >= 4 is 17.5 Å². The fourth-order valence-electron chi connectivity index (χ4n) is 2.03. The number of hydrogen-bond donors (Lipinski definition) is 3. The molecule has 110 valence electrons. The van der Waals surface area contributed by atoms with Gasteiger partial charge in [-0.2, -0.15) is 4.98 Å². The molecule has 2 aromatic heterocycles. The Morgan fingerprint density at radius 1 is 1.00 bits per heavy atom. The highest BCUT2D eigenvalue weighted by Gasteiger charge is 2.06. The Morgan fingerprint density at radius 3 is 2.55 bits per heavy atom. The molecule has 0 unspecified atom stereocenters. The van der Waals surface area contributed by atoms with E-state index < -0.39 is 0 Å². The van der Waals surface area contributed by atoms with E-state index in [9.17, 15) is 5.11 Å². The second kappa shape index (κ2) is 6.09. The van der Waals surface area contributed by atoms with E-state index in [0.717, 1.165) is 16.9 Å². The Bertz CT molecular complexity index is 776. The highest BCUT2D eigenvalue weighted by molar-refractivity contribution is 5.67. The Kier molecular flexibility index (Phi) is 3.82. The zero-order chi connectivity index (χ0) is 15.4. The van der Waals surface area contributed by atoms with Crippen LogP contribution in [0, 0.1) is 0 Å². The molecule has 0 spiro atoms. The van der Waals surface area contributed by atoms with Gasteiger partial charge in [0.15, 0.2) is 0 Å². The summed E-state index contributed by atoms with van der Waals surface area (Å²) < 4.78 is 0. The van der Waals surface area contributed by atoms with Crippen molar-refractivity contribution in [3.05, 3.63) is 54.9 Å². The Balaban J connectivity index is 1.97. The summed E-state index contributed by atoms with van der Waals surface area (Å²) in [5.41, 5.74) is 2.48. The highest BCUT2D eigenvalue weighted by Crippen LogP contribution is 2.24. The second-order valence-electron chi connectivity index (χ2n) is 4.62. The fraction of sp³-hybridized carbons (Fsp3) is 0.0625. The molecule has 0 aliphatic rings. The molecule has 0 aliphatic heterocycles. The third-order valence-corrected chi connectivity index (χ3v) is 3.04. The molecular weight excluding hydrogens is 278 g/mol. The van der Waals surface area contributed by atoms with Crippen molar-refractivity contribution in [2.45, 2.75) is 0 Å². The summed E-state index contributed by atoms with van der Waals surface area (Å²) in [6.45, 7) is 0. The molecule has 0 bridgehead atoms. The summed E-state index contributed by atoms with van der Waals surface area (Å²) >= 11 is 0. The van der Waals surface area contributed by atoms with Crippen LogP contribution in [-0.2, 0) is 0 Å². The number of hydrogen-bond acceptors (Lipinski definition) is 6. The largest absolute Gasteiger partial charge is 0.508 e. The number of benzene rings is 1. The minimum Gasteiger partial charge on any atom is -0.508 e. The summed E-state index contributed by atoms with van der Waals surface area (Å²) in [7, 11) is 1.77. The van der Waals surface area contributed by atoms with Crippen molar-refractivity contribution in [1.29, 1.82) is 0 Å². The second-order valence-corrected chi connectivity index (χ2v) is 4.62. The quantitative estimate of drug-likeness (QED) is 0.686. The molecule has 0 atom stereocenters. The molecule has 0 amide bonds. The lowest BCUT2D eigenvalue weighted by Crippen LogP contribution is -2.02. The number of rotatable bonds is 4. The lowest BCUT2D eigenvalue weighted by Gasteiger charge is -2.10. The number of pyridine rings is 1. The van der Waals surface area contributed by atoms with Crippen LogP contribution in [0.3, 0.4) is 0 Å². The smallest absolute Gasteiger partial charge is 0.224 e. The van der Waals surface area contributed by atoms with Gasteiger partial charge in [0.2, 0.25) is 5.95 Å². The predicted octanol–water partition coefficient (Wildman–Crippen LogP) is 3.03. The lowest BCUT2D eigenvalue weighted by atomic mass is 10.2. The zero-order valence-electron chi connectivity index (χ0n) is 12.0. The SMILES string of the molecule is CNc1nc(Nc2cccc(O)c2)cc(-c2ccncc2)n1.